The number of nitrogens with zero attached hydrogens (tertiary/aromatic N) is 3. The summed E-state index contributed by atoms with van der Waals surface area (Å²) in [6, 6.07) is 3.97. The highest BCUT2D eigenvalue weighted by atomic mass is 32.2. The third kappa shape index (κ3) is 3.42. The molecule has 0 radical (unpaired) electrons. The number of thiophene rings is 1. The van der Waals surface area contributed by atoms with Gasteiger partial charge in [0.25, 0.3) is 10.0 Å². The average Bonchev–Trinajstić information content (AvgIpc) is 3.26. The number of hydrogen-bond donors (Lipinski definition) is 1. The largest absolute Gasteiger partial charge is 0.444 e. The van der Waals surface area contributed by atoms with E-state index in [4.69, 9.17) is 4.42 Å². The number of rotatable bonds is 6. The zero-order valence-corrected chi connectivity index (χ0v) is 15.3. The summed E-state index contributed by atoms with van der Waals surface area (Å²) in [6.45, 7) is 0. The molecule has 1 aliphatic rings. The molecule has 10 heteroatoms. The van der Waals surface area contributed by atoms with Gasteiger partial charge in [-0.1, -0.05) is 6.07 Å². The van der Waals surface area contributed by atoms with Crippen molar-refractivity contribution in [3.8, 4) is 10.8 Å². The molecule has 1 amide bonds. The van der Waals surface area contributed by atoms with Crippen LogP contribution in [0.5, 0.6) is 0 Å². The predicted molar refractivity (Wildman–Crippen MR) is 94.0 cm³/mol. The lowest BCUT2D eigenvalue weighted by molar-refractivity contribution is -0.118. The predicted octanol–water partition coefficient (Wildman–Crippen LogP) is 2.37. The number of hydrogen-bond acceptors (Lipinski definition) is 7. The molecule has 8 nitrogen and oxygen atoms in total. The second-order valence-corrected chi connectivity index (χ2v) is 8.70. The van der Waals surface area contributed by atoms with Crippen molar-refractivity contribution < 1.29 is 17.6 Å². The van der Waals surface area contributed by atoms with Gasteiger partial charge < -0.3 is 4.42 Å². The van der Waals surface area contributed by atoms with Gasteiger partial charge in [-0.2, -0.15) is 5.10 Å². The second-order valence-electron chi connectivity index (χ2n) is 6.07. The fraction of sp³-hybridized carbons (Fsp3) is 0.312. The summed E-state index contributed by atoms with van der Waals surface area (Å²) in [5.41, 5.74) is 0.367. The van der Waals surface area contributed by atoms with Gasteiger partial charge in [-0.05, 0) is 30.7 Å². The molecule has 0 spiro atoms. The third-order valence-corrected chi connectivity index (χ3v) is 6.40. The molecule has 0 atom stereocenters. The minimum Gasteiger partial charge on any atom is -0.444 e. The minimum absolute atomic E-state index is 0.0165. The van der Waals surface area contributed by atoms with Crippen LogP contribution in [0.4, 0.5) is 0 Å². The van der Waals surface area contributed by atoms with Gasteiger partial charge in [-0.15, -0.1) is 11.3 Å². The summed E-state index contributed by atoms with van der Waals surface area (Å²) in [5, 5.41) is 5.98. The topological polar surface area (TPSA) is 107 Å². The van der Waals surface area contributed by atoms with Crippen LogP contribution >= 0.6 is 11.3 Å². The molecule has 26 heavy (non-hydrogen) atoms. The van der Waals surface area contributed by atoms with Crippen molar-refractivity contribution in [2.24, 2.45) is 0 Å². The third-order valence-electron chi connectivity index (χ3n) is 4.21. The SMILES string of the molecule is O=C(Cc1coc(-c2cccs2)n1)NS(=O)(=O)c1cnn(C2CCC2)c1. The molecule has 0 saturated heterocycles. The Balaban J connectivity index is 1.41. The monoisotopic (exact) mass is 392 g/mol. The number of sulfonamides is 1. The Bertz CT molecular complexity index is 1020. The Morgan fingerprint density at radius 2 is 2.27 bits per heavy atom. The number of nitrogens with one attached hydrogen (secondary N) is 1. The van der Waals surface area contributed by atoms with Crippen molar-refractivity contribution in [2.45, 2.75) is 36.6 Å². The van der Waals surface area contributed by atoms with Crippen molar-refractivity contribution >= 4 is 27.3 Å². The maximum absolute atomic E-state index is 12.3. The van der Waals surface area contributed by atoms with Gasteiger partial charge in [0, 0.05) is 6.20 Å². The van der Waals surface area contributed by atoms with Gasteiger partial charge in [-0.3, -0.25) is 9.48 Å². The molecule has 1 aliphatic carbocycles. The van der Waals surface area contributed by atoms with Crippen LogP contribution in [0.3, 0.4) is 0 Å². The van der Waals surface area contributed by atoms with E-state index in [1.807, 2.05) is 17.5 Å². The zero-order chi connectivity index (χ0) is 18.1. The standard InChI is InChI=1S/C16H16N4O4S2/c21-15(7-11-10-24-16(18-11)14-5-2-6-25-14)19-26(22,23)13-8-17-20(9-13)12-3-1-4-12/h2,5-6,8-10,12H,1,3-4,7H2,(H,19,21). The molecule has 1 fully saturated rings. The van der Waals surface area contributed by atoms with Gasteiger partial charge in [0.05, 0.1) is 29.2 Å². The molecule has 136 valence electrons. The summed E-state index contributed by atoms with van der Waals surface area (Å²) in [5.74, 6) is -0.264. The van der Waals surface area contributed by atoms with Crippen LogP contribution in [0, 0.1) is 0 Å². The molecule has 1 saturated carbocycles. The molecule has 1 N–H and O–H groups in total. The molecule has 0 unspecified atom stereocenters. The van der Waals surface area contributed by atoms with Gasteiger partial charge in [-0.25, -0.2) is 18.1 Å². The van der Waals surface area contributed by atoms with E-state index in [0.717, 1.165) is 24.1 Å². The molecule has 3 aromatic heterocycles. The van der Waals surface area contributed by atoms with Crippen molar-refractivity contribution in [2.75, 3.05) is 0 Å². The van der Waals surface area contributed by atoms with E-state index in [2.05, 4.69) is 14.8 Å². The van der Waals surface area contributed by atoms with Crippen LogP contribution in [0.25, 0.3) is 10.8 Å². The lowest BCUT2D eigenvalue weighted by atomic mass is 9.93. The Hall–Kier alpha value is -2.46. The van der Waals surface area contributed by atoms with Crippen molar-refractivity contribution in [3.63, 3.8) is 0 Å². The number of carbonyl (C=O) groups is 1. The number of carbonyl (C=O) groups excluding carboxylic acids is 1. The van der Waals surface area contributed by atoms with Gasteiger partial charge >= 0.3 is 0 Å². The lowest BCUT2D eigenvalue weighted by Gasteiger charge is -2.25. The minimum atomic E-state index is -3.95. The quantitative estimate of drug-likeness (QED) is 0.690. The van der Waals surface area contributed by atoms with E-state index in [1.165, 1.54) is 30.0 Å². The molecule has 3 heterocycles. The lowest BCUT2D eigenvalue weighted by Crippen LogP contribution is -2.31. The Morgan fingerprint density at radius 3 is 2.96 bits per heavy atom. The van der Waals surface area contributed by atoms with Crippen molar-refractivity contribution in [3.05, 3.63) is 41.9 Å². The van der Waals surface area contributed by atoms with Crippen LogP contribution in [0.1, 0.15) is 31.0 Å². The van der Waals surface area contributed by atoms with E-state index in [0.29, 0.717) is 11.6 Å². The van der Waals surface area contributed by atoms with Crippen LogP contribution in [-0.4, -0.2) is 29.1 Å². The Morgan fingerprint density at radius 1 is 1.42 bits per heavy atom. The molecular formula is C16H16N4O4S2. The Labute approximate surface area is 153 Å². The molecule has 0 aliphatic heterocycles. The molecule has 4 rings (SSSR count). The van der Waals surface area contributed by atoms with Gasteiger partial charge in [0.2, 0.25) is 11.8 Å². The summed E-state index contributed by atoms with van der Waals surface area (Å²) < 4.78 is 33.7. The molecule has 0 bridgehead atoms. The van der Waals surface area contributed by atoms with E-state index >= 15 is 0 Å². The first-order chi connectivity index (χ1) is 12.5. The number of oxazole rings is 1. The van der Waals surface area contributed by atoms with Crippen LogP contribution < -0.4 is 4.72 Å². The van der Waals surface area contributed by atoms with Gasteiger partial charge in [0.15, 0.2) is 0 Å². The van der Waals surface area contributed by atoms with Crippen molar-refractivity contribution in [1.29, 1.82) is 0 Å². The van der Waals surface area contributed by atoms with Crippen LogP contribution in [-0.2, 0) is 21.2 Å². The maximum atomic E-state index is 12.3. The van der Waals surface area contributed by atoms with E-state index in [-0.39, 0.29) is 17.4 Å². The summed E-state index contributed by atoms with van der Waals surface area (Å²) in [7, 11) is -3.95. The summed E-state index contributed by atoms with van der Waals surface area (Å²) in [6.07, 6.45) is 7.00. The fourth-order valence-corrected chi connectivity index (χ4v) is 4.20. The maximum Gasteiger partial charge on any atom is 0.267 e. The molecule has 3 aromatic rings. The fourth-order valence-electron chi connectivity index (χ4n) is 2.62. The zero-order valence-electron chi connectivity index (χ0n) is 13.7. The average molecular weight is 392 g/mol. The normalized spacial score (nSPS) is 14.9. The second kappa shape index (κ2) is 6.69. The number of aromatic nitrogens is 3. The first kappa shape index (κ1) is 17.0. The van der Waals surface area contributed by atoms with Crippen LogP contribution in [0.15, 0.2) is 45.5 Å². The highest BCUT2D eigenvalue weighted by molar-refractivity contribution is 7.90. The van der Waals surface area contributed by atoms with Crippen LogP contribution in [0.2, 0.25) is 0 Å². The van der Waals surface area contributed by atoms with Crippen molar-refractivity contribution in [1.82, 2.24) is 19.5 Å². The van der Waals surface area contributed by atoms with E-state index in [1.54, 1.807) is 4.68 Å². The first-order valence-corrected chi connectivity index (χ1v) is 10.5. The molecular weight excluding hydrogens is 376 g/mol. The summed E-state index contributed by atoms with van der Waals surface area (Å²) >= 11 is 1.46. The Kier molecular flexibility index (Phi) is 4.37. The molecule has 0 aromatic carbocycles. The highest BCUT2D eigenvalue weighted by Gasteiger charge is 2.25. The highest BCUT2D eigenvalue weighted by Crippen LogP contribution is 2.31. The van der Waals surface area contributed by atoms with E-state index < -0.39 is 15.9 Å². The van der Waals surface area contributed by atoms with E-state index in [9.17, 15) is 13.2 Å². The first-order valence-electron chi connectivity index (χ1n) is 8.09. The smallest absolute Gasteiger partial charge is 0.267 e. The number of amides is 1. The van der Waals surface area contributed by atoms with Gasteiger partial charge in [0.1, 0.15) is 11.2 Å². The summed E-state index contributed by atoms with van der Waals surface area (Å²) in [4.78, 5) is 17.1.